The molecule has 1 aromatic rings. The molecule has 32 heavy (non-hydrogen) atoms. The number of hydrogen-bond donors (Lipinski definition) is 3. The van der Waals surface area contributed by atoms with Gasteiger partial charge in [-0.05, 0) is 82.3 Å². The van der Waals surface area contributed by atoms with Crippen LogP contribution in [0.15, 0.2) is 18.2 Å². The highest BCUT2D eigenvalue weighted by molar-refractivity contribution is 5.98. The highest BCUT2D eigenvalue weighted by atomic mass is 16.3. The number of fused-ring (bicyclic) bond motifs is 1. The summed E-state index contributed by atoms with van der Waals surface area (Å²) in [4.78, 5) is 31.3. The maximum absolute atomic E-state index is 12.9. The summed E-state index contributed by atoms with van der Waals surface area (Å²) in [5.41, 5.74) is 3.69. The number of benzene rings is 1. The van der Waals surface area contributed by atoms with Crippen LogP contribution in [0.2, 0.25) is 0 Å². The van der Waals surface area contributed by atoms with Crippen LogP contribution >= 0.6 is 0 Å². The molecular formula is C24H37N5O3. The van der Waals surface area contributed by atoms with E-state index in [0.717, 1.165) is 51.1 Å². The van der Waals surface area contributed by atoms with Crippen molar-refractivity contribution >= 4 is 17.6 Å². The standard InChI is InChI=1S/C24H37N5O3/c1-17-22(25-20-10-9-18-6-3-7-19(18)16-20)26-24(32)29(23(17)31)13-4-8-21(30)28-12-5-11-27(2)14-15-28/h9-10,16-17,21-22,25,30H,3-8,11-15H2,1-2H3,(H,26,32). The number of nitrogens with zero attached hydrogens (tertiary/aromatic N) is 3. The molecule has 3 N–H and O–H groups in total. The van der Waals surface area contributed by atoms with Gasteiger partial charge in [0.1, 0.15) is 12.4 Å². The fourth-order valence-corrected chi connectivity index (χ4v) is 5.02. The van der Waals surface area contributed by atoms with Crippen LogP contribution in [0, 0.1) is 5.92 Å². The maximum Gasteiger partial charge on any atom is 0.325 e. The zero-order chi connectivity index (χ0) is 22.7. The van der Waals surface area contributed by atoms with Crippen molar-refractivity contribution in [3.05, 3.63) is 29.3 Å². The third kappa shape index (κ3) is 5.24. The average molecular weight is 444 g/mol. The second-order valence-corrected chi connectivity index (χ2v) is 9.50. The van der Waals surface area contributed by atoms with E-state index in [-0.39, 0.29) is 17.9 Å². The molecule has 1 aliphatic carbocycles. The number of imide groups is 1. The van der Waals surface area contributed by atoms with E-state index in [1.807, 2.05) is 13.0 Å². The lowest BCUT2D eigenvalue weighted by Gasteiger charge is -2.37. The van der Waals surface area contributed by atoms with Gasteiger partial charge in [0, 0.05) is 31.9 Å². The number of aliphatic hydroxyl groups excluding tert-OH is 1. The van der Waals surface area contributed by atoms with Gasteiger partial charge in [0.25, 0.3) is 0 Å². The Bertz CT molecular complexity index is 832. The largest absolute Gasteiger partial charge is 0.378 e. The van der Waals surface area contributed by atoms with Gasteiger partial charge >= 0.3 is 6.03 Å². The quantitative estimate of drug-likeness (QED) is 0.596. The second-order valence-electron chi connectivity index (χ2n) is 9.50. The molecule has 2 fully saturated rings. The molecule has 2 aliphatic heterocycles. The Morgan fingerprint density at radius 2 is 1.94 bits per heavy atom. The SMILES string of the molecule is CC1C(=O)N(CCCC(O)N2CCCN(C)CC2)C(=O)NC1Nc1ccc2c(c1)CCC2. The van der Waals surface area contributed by atoms with Crippen LogP contribution in [-0.2, 0) is 17.6 Å². The fourth-order valence-electron chi connectivity index (χ4n) is 5.02. The minimum atomic E-state index is -0.531. The number of amides is 3. The van der Waals surface area contributed by atoms with E-state index in [9.17, 15) is 14.7 Å². The first-order valence-electron chi connectivity index (χ1n) is 12.0. The molecule has 4 rings (SSSR count). The number of aliphatic hydroxyl groups is 1. The first kappa shape index (κ1) is 23.0. The molecule has 0 saturated carbocycles. The number of hydrogen-bond acceptors (Lipinski definition) is 6. The van der Waals surface area contributed by atoms with E-state index < -0.39 is 12.4 Å². The minimum Gasteiger partial charge on any atom is -0.378 e. The fraction of sp³-hybridized carbons (Fsp3) is 0.667. The summed E-state index contributed by atoms with van der Waals surface area (Å²) in [7, 11) is 2.10. The van der Waals surface area contributed by atoms with Crippen molar-refractivity contribution in [2.45, 2.75) is 57.8 Å². The number of carbonyl (C=O) groups excluding carboxylic acids is 2. The van der Waals surface area contributed by atoms with Crippen LogP contribution in [0.5, 0.6) is 0 Å². The van der Waals surface area contributed by atoms with Crippen molar-refractivity contribution < 1.29 is 14.7 Å². The van der Waals surface area contributed by atoms with Gasteiger partial charge in [-0.25, -0.2) is 4.79 Å². The second kappa shape index (κ2) is 10.2. The lowest BCUT2D eigenvalue weighted by molar-refractivity contribution is -0.134. The molecule has 176 valence electrons. The number of anilines is 1. The van der Waals surface area contributed by atoms with Gasteiger partial charge in [-0.15, -0.1) is 0 Å². The predicted molar refractivity (Wildman–Crippen MR) is 124 cm³/mol. The van der Waals surface area contributed by atoms with Crippen molar-refractivity contribution in [2.24, 2.45) is 5.92 Å². The highest BCUT2D eigenvalue weighted by Crippen LogP contribution is 2.26. The predicted octanol–water partition coefficient (Wildman–Crippen LogP) is 1.84. The van der Waals surface area contributed by atoms with E-state index >= 15 is 0 Å². The molecule has 0 bridgehead atoms. The van der Waals surface area contributed by atoms with Crippen LogP contribution in [0.3, 0.4) is 0 Å². The molecule has 2 heterocycles. The summed E-state index contributed by atoms with van der Waals surface area (Å²) in [5, 5.41) is 16.9. The number of nitrogens with one attached hydrogen (secondary N) is 2. The van der Waals surface area contributed by atoms with Crippen molar-refractivity contribution in [3.8, 4) is 0 Å². The van der Waals surface area contributed by atoms with Crippen molar-refractivity contribution in [2.75, 3.05) is 45.1 Å². The zero-order valence-electron chi connectivity index (χ0n) is 19.3. The van der Waals surface area contributed by atoms with Gasteiger partial charge < -0.3 is 20.6 Å². The molecule has 3 aliphatic rings. The molecule has 8 heteroatoms. The smallest absolute Gasteiger partial charge is 0.325 e. The van der Waals surface area contributed by atoms with Crippen LogP contribution in [-0.4, -0.2) is 83.9 Å². The molecule has 0 radical (unpaired) electrons. The number of likely N-dealkylation sites (N-methyl/N-ethyl adjacent to an activating group) is 1. The summed E-state index contributed by atoms with van der Waals surface area (Å²) in [5.74, 6) is -0.537. The Kier molecular flexibility index (Phi) is 7.33. The molecule has 8 nitrogen and oxygen atoms in total. The summed E-state index contributed by atoms with van der Waals surface area (Å²) in [6.07, 6.45) is 4.62. The van der Waals surface area contributed by atoms with Gasteiger partial charge in [0.15, 0.2) is 0 Å². The normalized spacial score (nSPS) is 25.9. The molecule has 3 unspecified atom stereocenters. The van der Waals surface area contributed by atoms with Crippen LogP contribution in [0.4, 0.5) is 10.5 Å². The van der Waals surface area contributed by atoms with Gasteiger partial charge in [-0.2, -0.15) is 0 Å². The zero-order valence-corrected chi connectivity index (χ0v) is 19.3. The number of urea groups is 1. The third-order valence-electron chi connectivity index (χ3n) is 7.12. The van der Waals surface area contributed by atoms with E-state index in [1.54, 1.807) is 0 Å². The molecule has 2 saturated heterocycles. The van der Waals surface area contributed by atoms with Crippen molar-refractivity contribution in [1.82, 2.24) is 20.0 Å². The molecule has 0 aromatic heterocycles. The van der Waals surface area contributed by atoms with Gasteiger partial charge in [-0.3, -0.25) is 14.6 Å². The maximum atomic E-state index is 12.9. The van der Waals surface area contributed by atoms with E-state index in [0.29, 0.717) is 19.4 Å². The summed E-state index contributed by atoms with van der Waals surface area (Å²) in [6.45, 7) is 5.88. The highest BCUT2D eigenvalue weighted by Gasteiger charge is 2.38. The molecular weight excluding hydrogens is 406 g/mol. The monoisotopic (exact) mass is 443 g/mol. The van der Waals surface area contributed by atoms with Crippen LogP contribution in [0.1, 0.15) is 43.7 Å². The number of carbonyl (C=O) groups is 2. The Hall–Kier alpha value is -2.16. The van der Waals surface area contributed by atoms with Gasteiger partial charge in [0.2, 0.25) is 5.91 Å². The molecule has 3 amide bonds. The van der Waals surface area contributed by atoms with Gasteiger partial charge in [0.05, 0.1) is 5.92 Å². The summed E-state index contributed by atoms with van der Waals surface area (Å²) >= 11 is 0. The van der Waals surface area contributed by atoms with Crippen molar-refractivity contribution in [1.29, 1.82) is 0 Å². The number of rotatable bonds is 7. The Morgan fingerprint density at radius 1 is 1.12 bits per heavy atom. The first-order valence-corrected chi connectivity index (χ1v) is 12.0. The van der Waals surface area contributed by atoms with E-state index in [4.69, 9.17) is 0 Å². The Balaban J connectivity index is 1.27. The number of aryl methyl sites for hydroxylation is 2. The van der Waals surface area contributed by atoms with Gasteiger partial charge in [-0.1, -0.05) is 6.07 Å². The Labute approximate surface area is 190 Å². The molecule has 3 atom stereocenters. The van der Waals surface area contributed by atoms with E-state index in [2.05, 4.69) is 39.6 Å². The summed E-state index contributed by atoms with van der Waals surface area (Å²) < 4.78 is 0. The van der Waals surface area contributed by atoms with Crippen LogP contribution in [0.25, 0.3) is 0 Å². The average Bonchev–Trinajstić information content (AvgIpc) is 3.13. The lowest BCUT2D eigenvalue weighted by atomic mass is 10.0. The molecule has 0 spiro atoms. The molecule has 1 aromatic carbocycles. The lowest BCUT2D eigenvalue weighted by Crippen LogP contribution is -2.61. The summed E-state index contributed by atoms with van der Waals surface area (Å²) in [6, 6.07) is 5.95. The van der Waals surface area contributed by atoms with E-state index in [1.165, 1.54) is 22.4 Å². The van der Waals surface area contributed by atoms with Crippen LogP contribution < -0.4 is 10.6 Å². The topological polar surface area (TPSA) is 88.2 Å². The third-order valence-corrected chi connectivity index (χ3v) is 7.12. The first-order chi connectivity index (χ1) is 15.4. The van der Waals surface area contributed by atoms with Crippen molar-refractivity contribution in [3.63, 3.8) is 0 Å². The minimum absolute atomic E-state index is 0.168. The Morgan fingerprint density at radius 3 is 2.78 bits per heavy atom.